The first-order chi connectivity index (χ1) is 10.1. The van der Waals surface area contributed by atoms with E-state index in [9.17, 15) is 4.79 Å². The Balaban J connectivity index is 1.80. The van der Waals surface area contributed by atoms with Crippen LogP contribution >= 0.6 is 0 Å². The van der Waals surface area contributed by atoms with Gasteiger partial charge in [-0.15, -0.1) is 0 Å². The van der Waals surface area contributed by atoms with E-state index >= 15 is 0 Å². The lowest BCUT2D eigenvalue weighted by Crippen LogP contribution is -2.16. The summed E-state index contributed by atoms with van der Waals surface area (Å²) in [5, 5.41) is 3.73. The van der Waals surface area contributed by atoms with Gasteiger partial charge in [-0.25, -0.2) is 9.97 Å². The summed E-state index contributed by atoms with van der Waals surface area (Å²) in [5.74, 6) is -0.134. The van der Waals surface area contributed by atoms with Crippen LogP contribution < -0.4 is 11.1 Å². The van der Waals surface area contributed by atoms with E-state index < -0.39 is 0 Å². The first-order valence-electron chi connectivity index (χ1n) is 6.56. The number of nitrogens with two attached hydrogens (primary N) is 1. The molecule has 0 atom stereocenters. The van der Waals surface area contributed by atoms with E-state index in [0.717, 1.165) is 22.3 Å². The number of nitrogens with zero attached hydrogens (tertiary/aromatic N) is 2. The number of hydrogen-bond acceptors (Lipinski definition) is 4. The fourth-order valence-corrected chi connectivity index (χ4v) is 2.19. The summed E-state index contributed by atoms with van der Waals surface area (Å²) in [6.45, 7) is 1.92. The average molecular weight is 281 g/mol. The normalized spacial score (nSPS) is 10.7. The number of H-pyrrole nitrogens is 1. The molecule has 21 heavy (non-hydrogen) atoms. The second-order valence-electron chi connectivity index (χ2n) is 4.86. The highest BCUT2D eigenvalue weighted by Crippen LogP contribution is 2.19. The Morgan fingerprint density at radius 1 is 1.33 bits per heavy atom. The van der Waals surface area contributed by atoms with Crippen LogP contribution in [-0.4, -0.2) is 20.9 Å². The number of aromatic nitrogens is 3. The van der Waals surface area contributed by atoms with Gasteiger partial charge in [-0.3, -0.25) is 4.79 Å². The van der Waals surface area contributed by atoms with E-state index in [1.165, 1.54) is 6.33 Å². The van der Waals surface area contributed by atoms with Crippen LogP contribution in [0.15, 0.2) is 36.8 Å². The van der Waals surface area contributed by atoms with E-state index in [1.54, 1.807) is 18.3 Å². The maximum atomic E-state index is 12.2. The summed E-state index contributed by atoms with van der Waals surface area (Å²) in [4.78, 5) is 23.5. The number of carbonyl (C=O) groups is 1. The molecule has 0 fully saturated rings. The molecule has 4 N–H and O–H groups in total. The van der Waals surface area contributed by atoms with Crippen LogP contribution in [0.1, 0.15) is 11.3 Å². The number of fused-ring (bicyclic) bond motifs is 1. The van der Waals surface area contributed by atoms with Crippen molar-refractivity contribution in [1.82, 2.24) is 15.0 Å². The highest BCUT2D eigenvalue weighted by Gasteiger charge is 2.11. The molecule has 0 aliphatic heterocycles. The van der Waals surface area contributed by atoms with E-state index in [-0.39, 0.29) is 12.3 Å². The summed E-state index contributed by atoms with van der Waals surface area (Å²) in [5.41, 5.74) is 9.47. The Hall–Kier alpha value is -2.89. The Labute approximate surface area is 121 Å². The number of carbonyl (C=O) groups excluding carboxylic acids is 1. The molecule has 3 rings (SSSR count). The van der Waals surface area contributed by atoms with E-state index in [4.69, 9.17) is 5.73 Å². The molecule has 6 nitrogen and oxygen atoms in total. The molecule has 0 unspecified atom stereocenters. The molecule has 0 radical (unpaired) electrons. The zero-order chi connectivity index (χ0) is 14.8. The zero-order valence-electron chi connectivity index (χ0n) is 11.6. The van der Waals surface area contributed by atoms with Gasteiger partial charge in [0.05, 0.1) is 12.1 Å². The molecule has 6 heteroatoms. The number of nitrogens with one attached hydrogen (secondary N) is 2. The quantitative estimate of drug-likeness (QED) is 0.640. The van der Waals surface area contributed by atoms with Gasteiger partial charge in [-0.05, 0) is 30.7 Å². The largest absolute Gasteiger partial charge is 0.399 e. The number of rotatable bonds is 3. The summed E-state index contributed by atoms with van der Waals surface area (Å²) in [7, 11) is 0. The third-order valence-electron chi connectivity index (χ3n) is 3.30. The number of benzene rings is 1. The van der Waals surface area contributed by atoms with Gasteiger partial charge in [-0.2, -0.15) is 0 Å². The van der Waals surface area contributed by atoms with E-state index in [0.29, 0.717) is 11.4 Å². The lowest BCUT2D eigenvalue weighted by molar-refractivity contribution is -0.115. The van der Waals surface area contributed by atoms with Gasteiger partial charge in [0, 0.05) is 23.0 Å². The molecule has 0 aliphatic carbocycles. The van der Waals surface area contributed by atoms with Gasteiger partial charge in [-0.1, -0.05) is 6.07 Å². The van der Waals surface area contributed by atoms with Gasteiger partial charge in [0.25, 0.3) is 0 Å². The van der Waals surface area contributed by atoms with Crippen molar-refractivity contribution in [2.24, 2.45) is 0 Å². The van der Waals surface area contributed by atoms with Crippen molar-refractivity contribution in [2.45, 2.75) is 13.3 Å². The van der Waals surface area contributed by atoms with E-state index in [1.807, 2.05) is 19.1 Å². The van der Waals surface area contributed by atoms with Crippen LogP contribution in [0.5, 0.6) is 0 Å². The Kier molecular flexibility index (Phi) is 3.27. The number of amides is 1. The number of nitrogen functional groups attached to an aromatic ring is 1. The van der Waals surface area contributed by atoms with Crippen molar-refractivity contribution in [1.29, 1.82) is 0 Å². The third-order valence-corrected chi connectivity index (χ3v) is 3.30. The standard InChI is InChI=1S/C15H15N5O/c1-9-2-3-10(16)6-12(9)20-14(21)7-13-11-4-5-17-15(11)19-8-18-13/h2-6,8H,7,16H2,1H3,(H,20,21)(H,17,18,19). The predicted octanol–water partition coefficient (Wildman–Crippen LogP) is 2.03. The van der Waals surface area contributed by atoms with Crippen molar-refractivity contribution < 1.29 is 4.79 Å². The smallest absolute Gasteiger partial charge is 0.230 e. The molecule has 1 aromatic carbocycles. The first-order valence-corrected chi connectivity index (χ1v) is 6.56. The van der Waals surface area contributed by atoms with Gasteiger partial charge in [0.15, 0.2) is 0 Å². The van der Waals surface area contributed by atoms with Gasteiger partial charge < -0.3 is 16.0 Å². The molecule has 0 aliphatic rings. The number of hydrogen-bond donors (Lipinski definition) is 3. The highest BCUT2D eigenvalue weighted by molar-refractivity contribution is 5.95. The lowest BCUT2D eigenvalue weighted by Gasteiger charge is -2.09. The second-order valence-corrected chi connectivity index (χ2v) is 4.86. The predicted molar refractivity (Wildman–Crippen MR) is 81.8 cm³/mol. The molecule has 0 saturated heterocycles. The number of anilines is 2. The molecule has 2 heterocycles. The topological polar surface area (TPSA) is 96.7 Å². The maximum Gasteiger partial charge on any atom is 0.230 e. The molecule has 2 aromatic heterocycles. The van der Waals surface area contributed by atoms with Gasteiger partial charge in [0.2, 0.25) is 5.91 Å². The lowest BCUT2D eigenvalue weighted by atomic mass is 10.1. The molecular formula is C15H15N5O. The zero-order valence-corrected chi connectivity index (χ0v) is 11.6. The summed E-state index contributed by atoms with van der Waals surface area (Å²) < 4.78 is 0. The minimum Gasteiger partial charge on any atom is -0.399 e. The van der Waals surface area contributed by atoms with Crippen molar-refractivity contribution in [3.63, 3.8) is 0 Å². The SMILES string of the molecule is Cc1ccc(N)cc1NC(=O)Cc1ncnc2[nH]ccc12. The molecule has 0 spiro atoms. The van der Waals surface area contributed by atoms with Gasteiger partial charge >= 0.3 is 0 Å². The summed E-state index contributed by atoms with van der Waals surface area (Å²) in [6, 6.07) is 7.29. The first kappa shape index (κ1) is 13.1. The number of aromatic amines is 1. The molecule has 106 valence electrons. The van der Waals surface area contributed by atoms with Crippen LogP contribution in [0.25, 0.3) is 11.0 Å². The van der Waals surface area contributed by atoms with Crippen LogP contribution in [0.3, 0.4) is 0 Å². The van der Waals surface area contributed by atoms with Crippen LogP contribution in [0.4, 0.5) is 11.4 Å². The Morgan fingerprint density at radius 3 is 3.05 bits per heavy atom. The van der Waals surface area contributed by atoms with Crippen molar-refractivity contribution >= 4 is 28.3 Å². The van der Waals surface area contributed by atoms with Gasteiger partial charge in [0.1, 0.15) is 12.0 Å². The van der Waals surface area contributed by atoms with Crippen molar-refractivity contribution in [3.05, 3.63) is 48.0 Å². The monoisotopic (exact) mass is 281 g/mol. The molecule has 0 saturated carbocycles. The highest BCUT2D eigenvalue weighted by atomic mass is 16.1. The summed E-state index contributed by atoms with van der Waals surface area (Å²) in [6.07, 6.45) is 3.42. The maximum absolute atomic E-state index is 12.2. The fraction of sp³-hybridized carbons (Fsp3) is 0.133. The van der Waals surface area contributed by atoms with Crippen LogP contribution in [-0.2, 0) is 11.2 Å². The minimum absolute atomic E-state index is 0.134. The minimum atomic E-state index is -0.134. The van der Waals surface area contributed by atoms with Crippen LogP contribution in [0.2, 0.25) is 0 Å². The molecule has 0 bridgehead atoms. The summed E-state index contributed by atoms with van der Waals surface area (Å²) >= 11 is 0. The number of aryl methyl sites for hydroxylation is 1. The van der Waals surface area contributed by atoms with E-state index in [2.05, 4.69) is 20.3 Å². The van der Waals surface area contributed by atoms with Crippen molar-refractivity contribution in [3.8, 4) is 0 Å². The Bertz CT molecular complexity index is 809. The van der Waals surface area contributed by atoms with Crippen molar-refractivity contribution in [2.75, 3.05) is 11.1 Å². The molecule has 1 amide bonds. The third kappa shape index (κ3) is 2.69. The Morgan fingerprint density at radius 2 is 2.19 bits per heavy atom. The van der Waals surface area contributed by atoms with Crippen LogP contribution in [0, 0.1) is 6.92 Å². The second kappa shape index (κ2) is 5.24. The molecular weight excluding hydrogens is 266 g/mol. The average Bonchev–Trinajstić information content (AvgIpc) is 2.92. The molecule has 3 aromatic rings. The fourth-order valence-electron chi connectivity index (χ4n) is 2.19.